The predicted molar refractivity (Wildman–Crippen MR) is 74.9 cm³/mol. The van der Waals surface area contributed by atoms with Gasteiger partial charge in [0, 0.05) is 25.1 Å². The average molecular weight is 304 g/mol. The molecular weight excluding hydrogens is 288 g/mol. The zero-order valence-electron chi connectivity index (χ0n) is 11.8. The maximum atomic E-state index is 12.3. The van der Waals surface area contributed by atoms with Crippen LogP contribution in [-0.4, -0.2) is 41.5 Å². The van der Waals surface area contributed by atoms with E-state index in [9.17, 15) is 9.59 Å². The number of carbonyl (C=O) groups excluding carboxylic acids is 1. The van der Waals surface area contributed by atoms with Crippen molar-refractivity contribution in [1.29, 1.82) is 0 Å². The van der Waals surface area contributed by atoms with Gasteiger partial charge in [-0.2, -0.15) is 5.10 Å². The molecule has 2 N–H and O–H groups in total. The van der Waals surface area contributed by atoms with Crippen LogP contribution in [0.5, 0.6) is 0 Å². The molecule has 0 aromatic carbocycles. The standard InChI is InChI=1S/C13H16N6O3/c20-12(21)2-4-19-7-10(6-15-19)16-13(22)9-1-3-18-8-14-17-11(18)5-9/h6-9H,1-5H2,(H,16,22)(H,20,21). The Morgan fingerprint density at radius 3 is 3.14 bits per heavy atom. The zero-order valence-corrected chi connectivity index (χ0v) is 11.8. The number of carbonyl (C=O) groups is 2. The first-order valence-electron chi connectivity index (χ1n) is 7.03. The van der Waals surface area contributed by atoms with Gasteiger partial charge in [0.05, 0.1) is 24.8 Å². The summed E-state index contributed by atoms with van der Waals surface area (Å²) in [6.45, 7) is 1.01. The number of amides is 1. The topological polar surface area (TPSA) is 115 Å². The van der Waals surface area contributed by atoms with Crippen LogP contribution in [0.2, 0.25) is 0 Å². The van der Waals surface area contributed by atoms with Gasteiger partial charge >= 0.3 is 5.97 Å². The summed E-state index contributed by atoms with van der Waals surface area (Å²) in [5, 5.41) is 23.3. The summed E-state index contributed by atoms with van der Waals surface area (Å²) < 4.78 is 3.45. The van der Waals surface area contributed by atoms with Crippen LogP contribution in [0, 0.1) is 5.92 Å². The highest BCUT2D eigenvalue weighted by Gasteiger charge is 2.26. The molecule has 0 saturated carbocycles. The van der Waals surface area contributed by atoms with Crippen LogP contribution in [0.4, 0.5) is 5.69 Å². The lowest BCUT2D eigenvalue weighted by atomic mass is 9.97. The first kappa shape index (κ1) is 14.2. The van der Waals surface area contributed by atoms with E-state index in [1.165, 1.54) is 10.9 Å². The van der Waals surface area contributed by atoms with Crippen molar-refractivity contribution in [3.05, 3.63) is 24.5 Å². The molecule has 1 unspecified atom stereocenters. The average Bonchev–Trinajstić information content (AvgIpc) is 3.12. The van der Waals surface area contributed by atoms with Crippen molar-refractivity contribution in [3.8, 4) is 0 Å². The second-order valence-electron chi connectivity index (χ2n) is 5.26. The third kappa shape index (κ3) is 3.13. The van der Waals surface area contributed by atoms with Crippen molar-refractivity contribution in [1.82, 2.24) is 24.5 Å². The van der Waals surface area contributed by atoms with Gasteiger partial charge in [0.25, 0.3) is 0 Å². The van der Waals surface area contributed by atoms with Crippen molar-refractivity contribution in [3.63, 3.8) is 0 Å². The van der Waals surface area contributed by atoms with E-state index in [1.54, 1.807) is 12.5 Å². The lowest BCUT2D eigenvalue weighted by Gasteiger charge is -2.21. The van der Waals surface area contributed by atoms with Crippen LogP contribution in [0.15, 0.2) is 18.7 Å². The molecular formula is C13H16N6O3. The van der Waals surface area contributed by atoms with Gasteiger partial charge in [0.1, 0.15) is 12.2 Å². The van der Waals surface area contributed by atoms with Crippen molar-refractivity contribution in [2.24, 2.45) is 5.92 Å². The van der Waals surface area contributed by atoms with E-state index in [0.29, 0.717) is 12.1 Å². The molecule has 1 aliphatic rings. The lowest BCUT2D eigenvalue weighted by Crippen LogP contribution is -2.30. The summed E-state index contributed by atoms with van der Waals surface area (Å²) in [7, 11) is 0. The normalized spacial score (nSPS) is 17.0. The van der Waals surface area contributed by atoms with E-state index in [1.807, 2.05) is 4.57 Å². The van der Waals surface area contributed by atoms with E-state index >= 15 is 0 Å². The van der Waals surface area contributed by atoms with E-state index in [0.717, 1.165) is 18.8 Å². The SMILES string of the molecule is O=C(O)CCn1cc(NC(=O)C2CCn3cnnc3C2)cn1. The van der Waals surface area contributed by atoms with Crippen LogP contribution >= 0.6 is 0 Å². The van der Waals surface area contributed by atoms with Crippen LogP contribution < -0.4 is 5.32 Å². The molecule has 1 amide bonds. The number of fused-ring (bicyclic) bond motifs is 1. The number of nitrogens with zero attached hydrogens (tertiary/aromatic N) is 5. The summed E-state index contributed by atoms with van der Waals surface area (Å²) in [5.41, 5.74) is 0.572. The van der Waals surface area contributed by atoms with E-state index in [-0.39, 0.29) is 24.8 Å². The number of rotatable bonds is 5. The molecule has 3 heterocycles. The van der Waals surface area contributed by atoms with Crippen LogP contribution in [-0.2, 0) is 29.1 Å². The Morgan fingerprint density at radius 1 is 1.45 bits per heavy atom. The van der Waals surface area contributed by atoms with Crippen molar-refractivity contribution >= 4 is 17.6 Å². The van der Waals surface area contributed by atoms with Crippen LogP contribution in [0.25, 0.3) is 0 Å². The third-order valence-corrected chi connectivity index (χ3v) is 3.67. The molecule has 2 aromatic heterocycles. The highest BCUT2D eigenvalue weighted by Crippen LogP contribution is 2.20. The largest absolute Gasteiger partial charge is 0.481 e. The van der Waals surface area contributed by atoms with Gasteiger partial charge in [-0.25, -0.2) is 0 Å². The predicted octanol–water partition coefficient (Wildman–Crippen LogP) is 0.150. The van der Waals surface area contributed by atoms with Gasteiger partial charge in [-0.3, -0.25) is 14.3 Å². The number of aryl methyl sites for hydroxylation is 2. The Morgan fingerprint density at radius 2 is 2.32 bits per heavy atom. The first-order valence-corrected chi connectivity index (χ1v) is 7.03. The Kier molecular flexibility index (Phi) is 3.86. The summed E-state index contributed by atoms with van der Waals surface area (Å²) in [6, 6.07) is 0. The fraction of sp³-hybridized carbons (Fsp3) is 0.462. The molecule has 1 atom stereocenters. The summed E-state index contributed by atoms with van der Waals surface area (Å²) in [4.78, 5) is 22.8. The Bertz CT molecular complexity index is 692. The molecule has 9 heteroatoms. The Hall–Kier alpha value is -2.71. The molecule has 2 aromatic rings. The monoisotopic (exact) mass is 304 g/mol. The fourth-order valence-corrected chi connectivity index (χ4v) is 2.47. The summed E-state index contributed by atoms with van der Waals surface area (Å²) >= 11 is 0. The van der Waals surface area contributed by atoms with Gasteiger partial charge in [0.15, 0.2) is 0 Å². The Labute approximate surface area is 126 Å². The number of aromatic nitrogens is 5. The quantitative estimate of drug-likeness (QED) is 0.812. The van der Waals surface area contributed by atoms with Crippen LogP contribution in [0.3, 0.4) is 0 Å². The molecule has 1 aliphatic heterocycles. The second kappa shape index (κ2) is 5.96. The van der Waals surface area contributed by atoms with E-state index in [4.69, 9.17) is 5.11 Å². The number of anilines is 1. The van der Waals surface area contributed by atoms with Gasteiger partial charge in [-0.1, -0.05) is 0 Å². The van der Waals surface area contributed by atoms with Crippen molar-refractivity contribution < 1.29 is 14.7 Å². The lowest BCUT2D eigenvalue weighted by molar-refractivity contribution is -0.137. The third-order valence-electron chi connectivity index (χ3n) is 3.67. The maximum absolute atomic E-state index is 12.3. The molecule has 0 radical (unpaired) electrons. The highest BCUT2D eigenvalue weighted by atomic mass is 16.4. The number of hydrogen-bond acceptors (Lipinski definition) is 5. The molecule has 0 bridgehead atoms. The highest BCUT2D eigenvalue weighted by molar-refractivity contribution is 5.92. The van der Waals surface area contributed by atoms with Gasteiger partial charge in [-0.15, -0.1) is 10.2 Å². The van der Waals surface area contributed by atoms with Crippen molar-refractivity contribution in [2.45, 2.75) is 32.4 Å². The second-order valence-corrected chi connectivity index (χ2v) is 5.26. The molecule has 116 valence electrons. The van der Waals surface area contributed by atoms with Gasteiger partial charge < -0.3 is 15.0 Å². The minimum absolute atomic E-state index is 0.00660. The number of nitrogens with one attached hydrogen (secondary N) is 1. The first-order chi connectivity index (χ1) is 10.6. The number of carboxylic acids is 1. The molecule has 0 spiro atoms. The van der Waals surface area contributed by atoms with Gasteiger partial charge in [0.2, 0.25) is 5.91 Å². The minimum atomic E-state index is -0.882. The summed E-state index contributed by atoms with van der Waals surface area (Å²) in [5.74, 6) is -0.276. The molecule has 0 fully saturated rings. The maximum Gasteiger partial charge on any atom is 0.305 e. The van der Waals surface area contributed by atoms with E-state index in [2.05, 4.69) is 20.6 Å². The van der Waals surface area contributed by atoms with Crippen molar-refractivity contribution in [2.75, 3.05) is 5.32 Å². The summed E-state index contributed by atoms with van der Waals surface area (Å²) in [6.07, 6.45) is 6.13. The van der Waals surface area contributed by atoms with Gasteiger partial charge in [-0.05, 0) is 6.42 Å². The number of carboxylic acid groups (broad SMARTS) is 1. The Balaban J connectivity index is 1.57. The minimum Gasteiger partial charge on any atom is -0.481 e. The zero-order chi connectivity index (χ0) is 15.5. The fourth-order valence-electron chi connectivity index (χ4n) is 2.47. The van der Waals surface area contributed by atoms with Crippen LogP contribution in [0.1, 0.15) is 18.7 Å². The molecule has 0 aliphatic carbocycles. The molecule has 22 heavy (non-hydrogen) atoms. The molecule has 3 rings (SSSR count). The molecule has 0 saturated heterocycles. The smallest absolute Gasteiger partial charge is 0.305 e. The molecule has 9 nitrogen and oxygen atoms in total. The number of aliphatic carboxylic acids is 1. The number of hydrogen-bond donors (Lipinski definition) is 2. The van der Waals surface area contributed by atoms with E-state index < -0.39 is 5.97 Å².